The number of aromatic nitrogens is 2. The standard InChI is InChI=1S/C17H21N3O4/c1-23-14-7-12-13(8-15(14)24-2)20-16(9-18-12)19-11-5-3-10(4-6-11)17(21)22/h7-11H,3-6H2,1-2H3,(H,19,20)(H,21,22). The number of carboxylic acids is 1. The summed E-state index contributed by atoms with van der Waals surface area (Å²) < 4.78 is 10.6. The molecule has 0 radical (unpaired) electrons. The lowest BCUT2D eigenvalue weighted by Gasteiger charge is -2.27. The van der Waals surface area contributed by atoms with Crippen molar-refractivity contribution in [1.82, 2.24) is 9.97 Å². The number of aliphatic carboxylic acids is 1. The van der Waals surface area contributed by atoms with E-state index in [0.29, 0.717) is 30.2 Å². The molecule has 7 nitrogen and oxygen atoms in total. The third-order valence-electron chi connectivity index (χ3n) is 4.48. The normalized spacial score (nSPS) is 20.6. The van der Waals surface area contributed by atoms with Gasteiger partial charge >= 0.3 is 5.97 Å². The number of anilines is 1. The highest BCUT2D eigenvalue weighted by molar-refractivity contribution is 5.80. The molecule has 7 heteroatoms. The molecule has 0 saturated heterocycles. The van der Waals surface area contributed by atoms with Gasteiger partial charge in [0.05, 0.1) is 37.4 Å². The summed E-state index contributed by atoms with van der Waals surface area (Å²) in [6.07, 6.45) is 4.72. The van der Waals surface area contributed by atoms with Gasteiger partial charge in [0.1, 0.15) is 5.82 Å². The Labute approximate surface area is 140 Å². The fourth-order valence-electron chi connectivity index (χ4n) is 3.10. The van der Waals surface area contributed by atoms with E-state index in [1.54, 1.807) is 32.5 Å². The molecule has 0 unspecified atom stereocenters. The van der Waals surface area contributed by atoms with E-state index in [4.69, 9.17) is 14.6 Å². The Morgan fingerprint density at radius 2 is 1.75 bits per heavy atom. The fourth-order valence-corrected chi connectivity index (χ4v) is 3.10. The van der Waals surface area contributed by atoms with Crippen LogP contribution in [0.25, 0.3) is 11.0 Å². The molecule has 1 heterocycles. The van der Waals surface area contributed by atoms with Crippen LogP contribution in [0.2, 0.25) is 0 Å². The maximum Gasteiger partial charge on any atom is 0.306 e. The SMILES string of the molecule is COc1cc2ncc(NC3CCC(C(=O)O)CC3)nc2cc1OC. The van der Waals surface area contributed by atoms with Crippen LogP contribution in [0, 0.1) is 5.92 Å². The Kier molecular flexibility index (Phi) is 4.69. The van der Waals surface area contributed by atoms with Gasteiger partial charge in [-0.05, 0) is 25.7 Å². The molecule has 1 fully saturated rings. The van der Waals surface area contributed by atoms with Gasteiger partial charge in [-0.1, -0.05) is 0 Å². The van der Waals surface area contributed by atoms with Crippen molar-refractivity contribution >= 4 is 22.8 Å². The molecule has 2 N–H and O–H groups in total. The van der Waals surface area contributed by atoms with E-state index in [-0.39, 0.29) is 12.0 Å². The molecule has 0 bridgehead atoms. The first-order valence-corrected chi connectivity index (χ1v) is 7.99. The number of hydrogen-bond donors (Lipinski definition) is 2. The third-order valence-corrected chi connectivity index (χ3v) is 4.48. The Bertz CT molecular complexity index is 742. The molecule has 24 heavy (non-hydrogen) atoms. The van der Waals surface area contributed by atoms with Gasteiger partial charge in [0.25, 0.3) is 0 Å². The number of fused-ring (bicyclic) bond motifs is 1. The molecule has 3 rings (SSSR count). The maximum atomic E-state index is 11.0. The zero-order valence-corrected chi connectivity index (χ0v) is 13.8. The van der Waals surface area contributed by atoms with Crippen LogP contribution in [0.5, 0.6) is 11.5 Å². The van der Waals surface area contributed by atoms with Crippen LogP contribution in [-0.2, 0) is 4.79 Å². The molecule has 1 aromatic heterocycles. The van der Waals surface area contributed by atoms with Crippen molar-refractivity contribution in [3.05, 3.63) is 18.3 Å². The highest BCUT2D eigenvalue weighted by atomic mass is 16.5. The monoisotopic (exact) mass is 331 g/mol. The lowest BCUT2D eigenvalue weighted by atomic mass is 9.86. The summed E-state index contributed by atoms with van der Waals surface area (Å²) >= 11 is 0. The minimum absolute atomic E-state index is 0.220. The number of nitrogens with one attached hydrogen (secondary N) is 1. The minimum atomic E-state index is -0.694. The van der Waals surface area contributed by atoms with Crippen LogP contribution < -0.4 is 14.8 Å². The molecule has 128 valence electrons. The number of rotatable bonds is 5. The van der Waals surface area contributed by atoms with Gasteiger partial charge in [-0.25, -0.2) is 4.98 Å². The first-order chi connectivity index (χ1) is 11.6. The van der Waals surface area contributed by atoms with E-state index in [1.807, 2.05) is 0 Å². The molecule has 0 aliphatic heterocycles. The summed E-state index contributed by atoms with van der Waals surface area (Å²) in [5.41, 5.74) is 1.45. The van der Waals surface area contributed by atoms with Gasteiger partial charge in [-0.2, -0.15) is 0 Å². The first-order valence-electron chi connectivity index (χ1n) is 7.99. The molecule has 0 atom stereocenters. The van der Waals surface area contributed by atoms with Crippen molar-refractivity contribution in [3.8, 4) is 11.5 Å². The van der Waals surface area contributed by atoms with Gasteiger partial charge in [0.15, 0.2) is 11.5 Å². The summed E-state index contributed by atoms with van der Waals surface area (Å²) in [5.74, 6) is 1.00. The highest BCUT2D eigenvalue weighted by Gasteiger charge is 2.26. The van der Waals surface area contributed by atoms with Crippen molar-refractivity contribution in [3.63, 3.8) is 0 Å². The van der Waals surface area contributed by atoms with E-state index < -0.39 is 5.97 Å². The number of benzene rings is 1. The summed E-state index contributed by atoms with van der Waals surface area (Å²) in [7, 11) is 3.17. The van der Waals surface area contributed by atoms with Crippen molar-refractivity contribution < 1.29 is 19.4 Å². The molecule has 1 saturated carbocycles. The Morgan fingerprint density at radius 1 is 1.12 bits per heavy atom. The van der Waals surface area contributed by atoms with Crippen molar-refractivity contribution in [1.29, 1.82) is 0 Å². The van der Waals surface area contributed by atoms with E-state index in [1.165, 1.54) is 0 Å². The van der Waals surface area contributed by atoms with Gasteiger partial charge in [-0.3, -0.25) is 9.78 Å². The van der Waals surface area contributed by atoms with E-state index in [9.17, 15) is 4.79 Å². The molecule has 1 aliphatic carbocycles. The Morgan fingerprint density at radius 3 is 2.33 bits per heavy atom. The summed E-state index contributed by atoms with van der Waals surface area (Å²) in [5, 5.41) is 12.4. The average Bonchev–Trinajstić information content (AvgIpc) is 2.60. The van der Waals surface area contributed by atoms with Crippen LogP contribution in [0.1, 0.15) is 25.7 Å². The molecular weight excluding hydrogens is 310 g/mol. The highest BCUT2D eigenvalue weighted by Crippen LogP contribution is 2.31. The summed E-state index contributed by atoms with van der Waals surface area (Å²) in [4.78, 5) is 20.0. The van der Waals surface area contributed by atoms with Gasteiger partial charge < -0.3 is 19.9 Å². The second-order valence-electron chi connectivity index (χ2n) is 5.98. The second kappa shape index (κ2) is 6.90. The molecule has 0 amide bonds. The third kappa shape index (κ3) is 3.34. The number of ether oxygens (including phenoxy) is 2. The van der Waals surface area contributed by atoms with Gasteiger partial charge in [-0.15, -0.1) is 0 Å². The van der Waals surface area contributed by atoms with Crippen LogP contribution >= 0.6 is 0 Å². The zero-order valence-electron chi connectivity index (χ0n) is 13.8. The van der Waals surface area contributed by atoms with Crippen molar-refractivity contribution in [2.24, 2.45) is 5.92 Å². The Hall–Kier alpha value is -2.57. The average molecular weight is 331 g/mol. The lowest BCUT2D eigenvalue weighted by molar-refractivity contribution is -0.142. The fraction of sp³-hybridized carbons (Fsp3) is 0.471. The zero-order chi connectivity index (χ0) is 17.1. The Balaban J connectivity index is 1.75. The van der Waals surface area contributed by atoms with Crippen LogP contribution in [0.15, 0.2) is 18.3 Å². The van der Waals surface area contributed by atoms with Crippen LogP contribution in [-0.4, -0.2) is 41.3 Å². The van der Waals surface area contributed by atoms with Gasteiger partial charge in [0, 0.05) is 18.2 Å². The number of hydrogen-bond acceptors (Lipinski definition) is 6. The maximum absolute atomic E-state index is 11.0. The second-order valence-corrected chi connectivity index (χ2v) is 5.98. The number of carbonyl (C=O) groups is 1. The van der Waals surface area contributed by atoms with Crippen LogP contribution in [0.4, 0.5) is 5.82 Å². The quantitative estimate of drug-likeness (QED) is 0.870. The number of methoxy groups -OCH3 is 2. The largest absolute Gasteiger partial charge is 0.493 e. The molecule has 1 aromatic carbocycles. The van der Waals surface area contributed by atoms with Crippen molar-refractivity contribution in [2.45, 2.75) is 31.7 Å². The number of carboxylic acid groups (broad SMARTS) is 1. The predicted octanol–water partition coefficient (Wildman–Crippen LogP) is 2.70. The molecule has 1 aliphatic rings. The summed E-state index contributed by atoms with van der Waals surface area (Å²) in [6, 6.07) is 3.82. The molecule has 2 aromatic rings. The summed E-state index contributed by atoms with van der Waals surface area (Å²) in [6.45, 7) is 0. The molecular formula is C17H21N3O4. The van der Waals surface area contributed by atoms with E-state index >= 15 is 0 Å². The predicted molar refractivity (Wildman–Crippen MR) is 89.6 cm³/mol. The van der Waals surface area contributed by atoms with E-state index in [0.717, 1.165) is 23.9 Å². The van der Waals surface area contributed by atoms with Gasteiger partial charge in [0.2, 0.25) is 0 Å². The lowest BCUT2D eigenvalue weighted by Crippen LogP contribution is -2.29. The van der Waals surface area contributed by atoms with Crippen LogP contribution in [0.3, 0.4) is 0 Å². The number of nitrogens with zero attached hydrogens (tertiary/aromatic N) is 2. The smallest absolute Gasteiger partial charge is 0.306 e. The van der Waals surface area contributed by atoms with Crippen molar-refractivity contribution in [2.75, 3.05) is 19.5 Å². The van der Waals surface area contributed by atoms with E-state index in [2.05, 4.69) is 15.3 Å². The topological polar surface area (TPSA) is 93.6 Å². The minimum Gasteiger partial charge on any atom is -0.493 e. The first kappa shape index (κ1) is 16.3. The molecule has 0 spiro atoms.